The number of rotatable bonds is 3. The third kappa shape index (κ3) is 2.94. The van der Waals surface area contributed by atoms with Gasteiger partial charge in [0.05, 0.1) is 18.6 Å². The van der Waals surface area contributed by atoms with E-state index >= 15 is 0 Å². The summed E-state index contributed by atoms with van der Waals surface area (Å²) in [6.07, 6.45) is 5.71. The van der Waals surface area contributed by atoms with Crippen molar-refractivity contribution < 1.29 is 4.79 Å². The van der Waals surface area contributed by atoms with Gasteiger partial charge in [0, 0.05) is 25.4 Å². The van der Waals surface area contributed by atoms with Crippen molar-refractivity contribution in [3.05, 3.63) is 53.6 Å². The molecule has 4 rings (SSSR count). The lowest BCUT2D eigenvalue weighted by molar-refractivity contribution is -0.141. The Kier molecular flexibility index (Phi) is 4.57. The molecule has 1 fully saturated rings. The Labute approximate surface area is 155 Å². The van der Waals surface area contributed by atoms with Crippen molar-refractivity contribution in [1.82, 2.24) is 19.4 Å². The molecular formula is C21H28N4O. The quantitative estimate of drug-likeness (QED) is 0.851. The fourth-order valence-corrected chi connectivity index (χ4v) is 4.59. The molecule has 0 unspecified atom stereocenters. The Morgan fingerprint density at radius 1 is 1.12 bits per heavy atom. The second-order valence-corrected chi connectivity index (χ2v) is 7.73. The average molecular weight is 352 g/mol. The van der Waals surface area contributed by atoms with Crippen LogP contribution in [-0.4, -0.2) is 38.3 Å². The molecule has 2 aliphatic heterocycles. The van der Waals surface area contributed by atoms with E-state index in [1.54, 1.807) is 0 Å². The first-order valence-corrected chi connectivity index (χ1v) is 9.66. The first kappa shape index (κ1) is 17.3. The lowest BCUT2D eigenvalue weighted by Gasteiger charge is -2.35. The van der Waals surface area contributed by atoms with Crippen molar-refractivity contribution in [2.24, 2.45) is 13.0 Å². The molecule has 0 saturated carbocycles. The van der Waals surface area contributed by atoms with Crippen LogP contribution >= 0.6 is 0 Å². The summed E-state index contributed by atoms with van der Waals surface area (Å²) in [5.74, 6) is 1.57. The number of benzene rings is 1. The van der Waals surface area contributed by atoms with E-state index in [1.165, 1.54) is 11.1 Å². The van der Waals surface area contributed by atoms with Gasteiger partial charge >= 0.3 is 0 Å². The van der Waals surface area contributed by atoms with Crippen molar-refractivity contribution >= 4 is 5.91 Å². The van der Waals surface area contributed by atoms with Crippen molar-refractivity contribution in [2.45, 2.75) is 45.3 Å². The molecule has 0 spiro atoms. The number of piperidine rings is 1. The standard InChI is InChI=1S/C21H28N4O/c1-15-18-6-4-5-7-19(18)16(2)25(15)21(26)17-8-11-24(12-9-17)14-20-22-10-13-23(20)3/h4-7,10,13,15-17H,8-9,11-12,14H2,1-3H3/t15-,16-/m0/s1. The topological polar surface area (TPSA) is 41.4 Å². The zero-order valence-electron chi connectivity index (χ0n) is 15.9. The largest absolute Gasteiger partial charge is 0.337 e. The molecule has 0 N–H and O–H groups in total. The highest BCUT2D eigenvalue weighted by Crippen LogP contribution is 2.42. The van der Waals surface area contributed by atoms with Crippen molar-refractivity contribution in [2.75, 3.05) is 13.1 Å². The number of imidazole rings is 1. The number of amides is 1. The van der Waals surface area contributed by atoms with Gasteiger partial charge in [-0.3, -0.25) is 9.69 Å². The van der Waals surface area contributed by atoms with Crippen LogP contribution in [0, 0.1) is 5.92 Å². The average Bonchev–Trinajstić information content (AvgIpc) is 3.17. The summed E-state index contributed by atoms with van der Waals surface area (Å²) in [6.45, 7) is 7.12. The lowest BCUT2D eigenvalue weighted by Crippen LogP contribution is -2.42. The smallest absolute Gasteiger partial charge is 0.226 e. The van der Waals surface area contributed by atoms with E-state index in [0.29, 0.717) is 5.91 Å². The highest BCUT2D eigenvalue weighted by Gasteiger charge is 2.39. The van der Waals surface area contributed by atoms with Crippen molar-refractivity contribution in [1.29, 1.82) is 0 Å². The molecule has 1 aromatic heterocycles. The van der Waals surface area contributed by atoms with E-state index in [9.17, 15) is 4.79 Å². The van der Waals surface area contributed by atoms with Gasteiger partial charge in [0.25, 0.3) is 0 Å². The third-order valence-electron chi connectivity index (χ3n) is 6.21. The summed E-state index contributed by atoms with van der Waals surface area (Å²) in [6, 6.07) is 8.84. The van der Waals surface area contributed by atoms with Gasteiger partial charge in [0.2, 0.25) is 5.91 Å². The normalized spacial score (nSPS) is 24.0. The van der Waals surface area contributed by atoms with Crippen LogP contribution in [0.4, 0.5) is 0 Å². The number of hydrogen-bond acceptors (Lipinski definition) is 3. The molecule has 1 amide bonds. The first-order chi connectivity index (χ1) is 12.6. The Bertz CT molecular complexity index is 762. The highest BCUT2D eigenvalue weighted by atomic mass is 16.2. The fraction of sp³-hybridized carbons (Fsp3) is 0.524. The van der Waals surface area contributed by atoms with E-state index < -0.39 is 0 Å². The van der Waals surface area contributed by atoms with Crippen LogP contribution in [0.3, 0.4) is 0 Å². The summed E-state index contributed by atoms with van der Waals surface area (Å²) in [5, 5.41) is 0. The molecule has 0 aliphatic carbocycles. The van der Waals surface area contributed by atoms with E-state index in [-0.39, 0.29) is 18.0 Å². The number of carbonyl (C=O) groups is 1. The maximum Gasteiger partial charge on any atom is 0.226 e. The monoisotopic (exact) mass is 352 g/mol. The molecule has 0 radical (unpaired) electrons. The predicted molar refractivity (Wildman–Crippen MR) is 101 cm³/mol. The molecule has 3 heterocycles. The zero-order chi connectivity index (χ0) is 18.3. The number of carbonyl (C=O) groups excluding carboxylic acids is 1. The molecule has 138 valence electrons. The van der Waals surface area contributed by atoms with Gasteiger partial charge in [0.15, 0.2) is 0 Å². The predicted octanol–water partition coefficient (Wildman–Crippen LogP) is 3.30. The van der Waals surface area contributed by atoms with E-state index in [2.05, 4.69) is 57.5 Å². The molecule has 1 aromatic carbocycles. The molecular weight excluding hydrogens is 324 g/mol. The van der Waals surface area contributed by atoms with Crippen molar-refractivity contribution in [3.8, 4) is 0 Å². The number of aryl methyl sites for hydroxylation is 1. The molecule has 5 heteroatoms. The van der Waals surface area contributed by atoms with Crippen molar-refractivity contribution in [3.63, 3.8) is 0 Å². The second kappa shape index (κ2) is 6.88. The van der Waals surface area contributed by atoms with Gasteiger partial charge in [-0.05, 0) is 50.9 Å². The number of hydrogen-bond donors (Lipinski definition) is 0. The van der Waals surface area contributed by atoms with Crippen LogP contribution in [0.1, 0.15) is 55.7 Å². The summed E-state index contributed by atoms with van der Waals surface area (Å²) in [7, 11) is 2.03. The van der Waals surface area contributed by atoms with E-state index in [4.69, 9.17) is 0 Å². The molecule has 5 nitrogen and oxygen atoms in total. The maximum absolute atomic E-state index is 13.3. The van der Waals surface area contributed by atoms with Crippen LogP contribution in [0.25, 0.3) is 0 Å². The summed E-state index contributed by atoms with van der Waals surface area (Å²) < 4.78 is 2.07. The fourth-order valence-electron chi connectivity index (χ4n) is 4.59. The van der Waals surface area contributed by atoms with Crippen LogP contribution in [-0.2, 0) is 18.4 Å². The second-order valence-electron chi connectivity index (χ2n) is 7.73. The molecule has 2 atom stereocenters. The molecule has 26 heavy (non-hydrogen) atoms. The number of aromatic nitrogens is 2. The number of nitrogens with zero attached hydrogens (tertiary/aromatic N) is 4. The van der Waals surface area contributed by atoms with Gasteiger partial charge in [0.1, 0.15) is 5.82 Å². The Morgan fingerprint density at radius 3 is 2.27 bits per heavy atom. The van der Waals surface area contributed by atoms with E-state index in [1.807, 2.05) is 19.4 Å². The first-order valence-electron chi connectivity index (χ1n) is 9.66. The van der Waals surface area contributed by atoms with Gasteiger partial charge in [-0.15, -0.1) is 0 Å². The minimum Gasteiger partial charge on any atom is -0.337 e. The molecule has 2 aromatic rings. The summed E-state index contributed by atoms with van der Waals surface area (Å²) in [5.41, 5.74) is 2.61. The zero-order valence-corrected chi connectivity index (χ0v) is 15.9. The van der Waals surface area contributed by atoms with Gasteiger partial charge in [-0.25, -0.2) is 4.98 Å². The Balaban J connectivity index is 1.39. The SMILES string of the molecule is C[C@H]1c2ccccc2[C@H](C)N1C(=O)C1CCN(Cc2nccn2C)CC1. The minimum atomic E-state index is 0.145. The molecule has 1 saturated heterocycles. The third-order valence-corrected chi connectivity index (χ3v) is 6.21. The van der Waals surface area contributed by atoms with Crippen LogP contribution in [0.2, 0.25) is 0 Å². The molecule has 2 aliphatic rings. The summed E-state index contributed by atoms with van der Waals surface area (Å²) in [4.78, 5) is 22.2. The lowest BCUT2D eigenvalue weighted by atomic mass is 9.94. The van der Waals surface area contributed by atoms with Gasteiger partial charge < -0.3 is 9.47 Å². The number of fused-ring (bicyclic) bond motifs is 1. The van der Waals surface area contributed by atoms with E-state index in [0.717, 1.165) is 38.3 Å². The van der Waals surface area contributed by atoms with Gasteiger partial charge in [-0.1, -0.05) is 24.3 Å². The Morgan fingerprint density at radius 2 is 1.73 bits per heavy atom. The van der Waals surface area contributed by atoms with Crippen LogP contribution in [0.5, 0.6) is 0 Å². The Hall–Kier alpha value is -2.14. The van der Waals surface area contributed by atoms with Crippen LogP contribution < -0.4 is 0 Å². The molecule has 0 bridgehead atoms. The highest BCUT2D eigenvalue weighted by molar-refractivity contribution is 5.81. The minimum absolute atomic E-state index is 0.145. The van der Waals surface area contributed by atoms with Crippen LogP contribution in [0.15, 0.2) is 36.7 Å². The van der Waals surface area contributed by atoms with Gasteiger partial charge in [-0.2, -0.15) is 0 Å². The summed E-state index contributed by atoms with van der Waals surface area (Å²) >= 11 is 0. The number of likely N-dealkylation sites (tertiary alicyclic amines) is 1. The maximum atomic E-state index is 13.3.